The van der Waals surface area contributed by atoms with Gasteiger partial charge in [0.25, 0.3) is 0 Å². The predicted molar refractivity (Wildman–Crippen MR) is 99.4 cm³/mol. The predicted octanol–water partition coefficient (Wildman–Crippen LogP) is 0.261. The summed E-state index contributed by atoms with van der Waals surface area (Å²) in [7, 11) is 0. The first-order chi connectivity index (χ1) is 13.2. The molecule has 0 aliphatic heterocycles. The molecule has 3 amide bonds. The lowest BCUT2D eigenvalue weighted by atomic mass is 10.1. The summed E-state index contributed by atoms with van der Waals surface area (Å²) < 4.78 is 0. The molecule has 0 saturated carbocycles. The van der Waals surface area contributed by atoms with E-state index in [9.17, 15) is 29.1 Å². The van der Waals surface area contributed by atoms with Crippen molar-refractivity contribution in [2.45, 2.75) is 64.0 Å². The van der Waals surface area contributed by atoms with Crippen molar-refractivity contribution in [1.29, 1.82) is 0 Å². The van der Waals surface area contributed by atoms with Crippen LogP contribution in [0.5, 0.6) is 0 Å². The highest BCUT2D eigenvalue weighted by Crippen LogP contribution is 2.03. The molecule has 10 heteroatoms. The minimum absolute atomic E-state index is 0.0881. The number of rotatable bonds is 14. The van der Waals surface area contributed by atoms with Crippen molar-refractivity contribution in [3.05, 3.63) is 0 Å². The van der Waals surface area contributed by atoms with Crippen LogP contribution in [0, 0.1) is 12.3 Å². The van der Waals surface area contributed by atoms with Crippen molar-refractivity contribution in [3.8, 4) is 12.3 Å². The van der Waals surface area contributed by atoms with E-state index >= 15 is 0 Å². The summed E-state index contributed by atoms with van der Waals surface area (Å²) >= 11 is 0. The van der Waals surface area contributed by atoms with E-state index in [1.165, 1.54) is 6.92 Å². The topological polar surface area (TPSA) is 162 Å². The van der Waals surface area contributed by atoms with Crippen LogP contribution < -0.4 is 16.0 Å². The number of carbonyl (C=O) groups excluding carboxylic acids is 3. The number of Topliss-reactive ketones (excluding diaryl/α,β-unsaturated/α-hetero) is 1. The summed E-state index contributed by atoms with van der Waals surface area (Å²) in [6, 6.07) is -3.05. The van der Waals surface area contributed by atoms with E-state index in [2.05, 4.69) is 21.9 Å². The molecule has 5 N–H and O–H groups in total. The number of ketones is 1. The number of hydrogen-bond acceptors (Lipinski definition) is 5. The van der Waals surface area contributed by atoms with Crippen LogP contribution in [0.15, 0.2) is 0 Å². The fourth-order valence-corrected chi connectivity index (χ4v) is 2.24. The number of amides is 3. The summed E-state index contributed by atoms with van der Waals surface area (Å²) in [5.74, 6) is -0.595. The third-order valence-electron chi connectivity index (χ3n) is 3.78. The molecule has 0 aromatic carbocycles. The number of carboxylic acids is 2. The molecule has 0 fully saturated rings. The van der Waals surface area contributed by atoms with Crippen molar-refractivity contribution < 1.29 is 34.2 Å². The highest BCUT2D eigenvalue weighted by Gasteiger charge is 2.23. The van der Waals surface area contributed by atoms with E-state index in [0.717, 1.165) is 0 Å². The van der Waals surface area contributed by atoms with Crippen LogP contribution in [0.3, 0.4) is 0 Å². The molecule has 0 rings (SSSR count). The number of carboxylic acid groups (broad SMARTS) is 2. The zero-order valence-electron chi connectivity index (χ0n) is 15.8. The molecule has 0 radical (unpaired) electrons. The van der Waals surface area contributed by atoms with Gasteiger partial charge in [0.2, 0.25) is 5.91 Å². The third-order valence-corrected chi connectivity index (χ3v) is 3.78. The molecule has 0 heterocycles. The van der Waals surface area contributed by atoms with Gasteiger partial charge in [-0.05, 0) is 32.6 Å². The van der Waals surface area contributed by atoms with E-state index in [1.54, 1.807) is 0 Å². The molecule has 0 aromatic heterocycles. The van der Waals surface area contributed by atoms with E-state index in [0.29, 0.717) is 25.8 Å². The van der Waals surface area contributed by atoms with Gasteiger partial charge in [-0.15, -0.1) is 12.3 Å². The van der Waals surface area contributed by atoms with Gasteiger partial charge >= 0.3 is 18.0 Å². The normalized spacial score (nSPS) is 12.1. The SMILES string of the molecule is C#CCCC(=O)NCCCC[C@H](NC(=O)N[C@@H](CCC(=O)O)C(C)=O)C(=O)O. The minimum atomic E-state index is -1.24. The lowest BCUT2D eigenvalue weighted by Crippen LogP contribution is -2.50. The van der Waals surface area contributed by atoms with Crippen molar-refractivity contribution in [2.75, 3.05) is 6.54 Å². The Labute approximate surface area is 163 Å². The van der Waals surface area contributed by atoms with Crippen LogP contribution >= 0.6 is 0 Å². The molecule has 0 saturated heterocycles. The van der Waals surface area contributed by atoms with E-state index in [4.69, 9.17) is 11.5 Å². The summed E-state index contributed by atoms with van der Waals surface area (Å²) in [6.07, 6.45) is 6.32. The first-order valence-corrected chi connectivity index (χ1v) is 8.89. The smallest absolute Gasteiger partial charge is 0.326 e. The average Bonchev–Trinajstić information content (AvgIpc) is 2.61. The molecule has 2 atom stereocenters. The number of terminal acetylenes is 1. The zero-order chi connectivity index (χ0) is 21.5. The maximum Gasteiger partial charge on any atom is 0.326 e. The maximum absolute atomic E-state index is 11.9. The Morgan fingerprint density at radius 1 is 0.964 bits per heavy atom. The highest BCUT2D eigenvalue weighted by molar-refractivity contribution is 5.89. The Balaban J connectivity index is 4.34. The summed E-state index contributed by atoms with van der Waals surface area (Å²) in [5, 5.41) is 25.1. The minimum Gasteiger partial charge on any atom is -0.481 e. The number of urea groups is 1. The van der Waals surface area contributed by atoms with Crippen molar-refractivity contribution in [1.82, 2.24) is 16.0 Å². The molecule has 0 unspecified atom stereocenters. The van der Waals surface area contributed by atoms with Gasteiger partial charge in [-0.2, -0.15) is 0 Å². The van der Waals surface area contributed by atoms with E-state index in [1.807, 2.05) is 0 Å². The van der Waals surface area contributed by atoms with Crippen LogP contribution in [-0.2, 0) is 19.2 Å². The number of hydrogen-bond donors (Lipinski definition) is 5. The van der Waals surface area contributed by atoms with Crippen LogP contribution in [0.1, 0.15) is 51.9 Å². The van der Waals surface area contributed by atoms with Crippen molar-refractivity contribution in [2.24, 2.45) is 0 Å². The zero-order valence-corrected chi connectivity index (χ0v) is 15.8. The number of unbranched alkanes of at least 4 members (excludes halogenated alkanes) is 1. The van der Waals surface area contributed by atoms with E-state index in [-0.39, 0.29) is 31.6 Å². The maximum atomic E-state index is 11.9. The van der Waals surface area contributed by atoms with Gasteiger partial charge < -0.3 is 26.2 Å². The molecule has 0 aliphatic rings. The summed E-state index contributed by atoms with van der Waals surface area (Å²) in [5.41, 5.74) is 0. The lowest BCUT2D eigenvalue weighted by molar-refractivity contribution is -0.139. The van der Waals surface area contributed by atoms with Crippen molar-refractivity contribution in [3.63, 3.8) is 0 Å². The first-order valence-electron chi connectivity index (χ1n) is 8.89. The Bertz CT molecular complexity index is 613. The fourth-order valence-electron chi connectivity index (χ4n) is 2.24. The molecule has 0 aliphatic carbocycles. The summed E-state index contributed by atoms with van der Waals surface area (Å²) in [6.45, 7) is 1.57. The number of nitrogens with one attached hydrogen (secondary N) is 3. The van der Waals surface area contributed by atoms with Crippen LogP contribution in [0.2, 0.25) is 0 Å². The van der Waals surface area contributed by atoms with Crippen LogP contribution in [-0.4, -0.2) is 58.5 Å². The first kappa shape index (κ1) is 24.9. The van der Waals surface area contributed by atoms with Gasteiger partial charge in [0, 0.05) is 25.8 Å². The van der Waals surface area contributed by atoms with Crippen LogP contribution in [0.4, 0.5) is 4.79 Å². The Morgan fingerprint density at radius 2 is 1.61 bits per heavy atom. The van der Waals surface area contributed by atoms with Crippen molar-refractivity contribution >= 4 is 29.7 Å². The molecule has 10 nitrogen and oxygen atoms in total. The molecule has 0 aromatic rings. The van der Waals surface area contributed by atoms with Gasteiger partial charge in [0.05, 0.1) is 6.04 Å². The molecule has 28 heavy (non-hydrogen) atoms. The largest absolute Gasteiger partial charge is 0.481 e. The Kier molecular flexibility index (Phi) is 12.5. The fraction of sp³-hybridized carbons (Fsp3) is 0.611. The Morgan fingerprint density at radius 3 is 2.14 bits per heavy atom. The lowest BCUT2D eigenvalue weighted by Gasteiger charge is -2.19. The van der Waals surface area contributed by atoms with Gasteiger partial charge in [0.1, 0.15) is 6.04 Å². The quantitative estimate of drug-likeness (QED) is 0.207. The molecular weight excluding hydrogens is 370 g/mol. The highest BCUT2D eigenvalue weighted by atomic mass is 16.4. The molecular formula is C18H27N3O7. The van der Waals surface area contributed by atoms with E-state index < -0.39 is 35.8 Å². The molecule has 0 bridgehead atoms. The van der Waals surface area contributed by atoms with Crippen LogP contribution in [0.25, 0.3) is 0 Å². The number of aliphatic carboxylic acids is 2. The molecule has 156 valence electrons. The second kappa shape index (κ2) is 14.0. The third kappa shape index (κ3) is 12.3. The number of carbonyl (C=O) groups is 5. The van der Waals surface area contributed by atoms with Gasteiger partial charge in [0.15, 0.2) is 5.78 Å². The molecule has 0 spiro atoms. The van der Waals surface area contributed by atoms with Gasteiger partial charge in [-0.3, -0.25) is 14.4 Å². The Hall–Kier alpha value is -3.09. The second-order valence-electron chi connectivity index (χ2n) is 6.15. The second-order valence-corrected chi connectivity index (χ2v) is 6.15. The monoisotopic (exact) mass is 397 g/mol. The van der Waals surface area contributed by atoms with Gasteiger partial charge in [-0.1, -0.05) is 0 Å². The summed E-state index contributed by atoms with van der Waals surface area (Å²) in [4.78, 5) is 56.7. The van der Waals surface area contributed by atoms with Gasteiger partial charge in [-0.25, -0.2) is 9.59 Å². The standard InChI is InChI=1S/C18H27N3O7/c1-3-4-8-15(23)19-11-6-5-7-14(17(26)27)21-18(28)20-13(12(2)22)9-10-16(24)25/h1,13-14H,4-11H2,2H3,(H,19,23)(H,24,25)(H,26,27)(H2,20,21,28)/t13-,14-/m0/s1. The average molecular weight is 397 g/mol.